The highest BCUT2D eigenvalue weighted by atomic mass is 19.1. The van der Waals surface area contributed by atoms with Gasteiger partial charge in [-0.2, -0.15) is 0 Å². The summed E-state index contributed by atoms with van der Waals surface area (Å²) in [7, 11) is 0. The molecular formula is C16H16F3NO. The van der Waals surface area contributed by atoms with Crippen molar-refractivity contribution in [1.82, 2.24) is 5.32 Å². The molecule has 0 spiro atoms. The SMILES string of the molecule is OC(CNCCc1ccccc1F)c1c(F)cccc1F. The molecule has 0 aromatic heterocycles. The molecule has 0 aliphatic heterocycles. The van der Waals surface area contributed by atoms with E-state index in [1.807, 2.05) is 0 Å². The van der Waals surface area contributed by atoms with Gasteiger partial charge in [0.1, 0.15) is 17.5 Å². The molecule has 0 aliphatic rings. The largest absolute Gasteiger partial charge is 0.387 e. The van der Waals surface area contributed by atoms with E-state index in [4.69, 9.17) is 0 Å². The number of hydrogen-bond donors (Lipinski definition) is 2. The minimum absolute atomic E-state index is 0.00763. The van der Waals surface area contributed by atoms with Crippen molar-refractivity contribution in [3.8, 4) is 0 Å². The van der Waals surface area contributed by atoms with Crippen LogP contribution in [-0.4, -0.2) is 18.2 Å². The van der Waals surface area contributed by atoms with Gasteiger partial charge in [0.05, 0.1) is 11.7 Å². The molecule has 1 unspecified atom stereocenters. The van der Waals surface area contributed by atoms with E-state index in [-0.39, 0.29) is 17.9 Å². The van der Waals surface area contributed by atoms with Crippen molar-refractivity contribution in [2.75, 3.05) is 13.1 Å². The van der Waals surface area contributed by atoms with Gasteiger partial charge in [0.2, 0.25) is 0 Å². The zero-order chi connectivity index (χ0) is 15.2. The lowest BCUT2D eigenvalue weighted by Crippen LogP contribution is -2.25. The Labute approximate surface area is 121 Å². The highest BCUT2D eigenvalue weighted by Gasteiger charge is 2.17. The Bertz CT molecular complexity index is 584. The van der Waals surface area contributed by atoms with E-state index < -0.39 is 17.7 Å². The highest BCUT2D eigenvalue weighted by molar-refractivity contribution is 5.22. The Morgan fingerprint density at radius 1 is 0.905 bits per heavy atom. The third-order valence-corrected chi connectivity index (χ3v) is 3.20. The normalized spacial score (nSPS) is 12.4. The van der Waals surface area contributed by atoms with Gasteiger partial charge < -0.3 is 10.4 Å². The number of aliphatic hydroxyl groups is 1. The van der Waals surface area contributed by atoms with Crippen LogP contribution in [0.5, 0.6) is 0 Å². The van der Waals surface area contributed by atoms with Gasteiger partial charge in [-0.05, 0) is 36.7 Å². The van der Waals surface area contributed by atoms with Gasteiger partial charge in [0.25, 0.3) is 0 Å². The topological polar surface area (TPSA) is 32.3 Å². The molecule has 0 heterocycles. The van der Waals surface area contributed by atoms with Gasteiger partial charge in [-0.1, -0.05) is 24.3 Å². The molecule has 0 bridgehead atoms. The Morgan fingerprint density at radius 3 is 2.19 bits per heavy atom. The second kappa shape index (κ2) is 7.24. The van der Waals surface area contributed by atoms with Crippen molar-refractivity contribution >= 4 is 0 Å². The minimum atomic E-state index is -1.29. The van der Waals surface area contributed by atoms with Crippen LogP contribution in [-0.2, 0) is 6.42 Å². The first-order chi connectivity index (χ1) is 10.1. The molecule has 112 valence electrons. The number of hydrogen-bond acceptors (Lipinski definition) is 2. The molecule has 0 saturated carbocycles. The third kappa shape index (κ3) is 4.06. The first kappa shape index (κ1) is 15.5. The first-order valence-electron chi connectivity index (χ1n) is 6.65. The van der Waals surface area contributed by atoms with Crippen molar-refractivity contribution in [3.05, 3.63) is 71.0 Å². The molecule has 1 atom stereocenters. The molecule has 21 heavy (non-hydrogen) atoms. The lowest BCUT2D eigenvalue weighted by Gasteiger charge is -2.14. The summed E-state index contributed by atoms with van der Waals surface area (Å²) in [5.41, 5.74) is 0.201. The summed E-state index contributed by atoms with van der Waals surface area (Å²) >= 11 is 0. The second-order valence-corrected chi connectivity index (χ2v) is 4.70. The summed E-state index contributed by atoms with van der Waals surface area (Å²) in [6, 6.07) is 9.83. The van der Waals surface area contributed by atoms with Gasteiger partial charge in [-0.15, -0.1) is 0 Å². The summed E-state index contributed by atoms with van der Waals surface area (Å²) < 4.78 is 40.3. The maximum absolute atomic E-state index is 13.5. The molecule has 0 saturated heterocycles. The number of nitrogens with one attached hydrogen (secondary N) is 1. The van der Waals surface area contributed by atoms with Crippen molar-refractivity contribution in [2.45, 2.75) is 12.5 Å². The van der Waals surface area contributed by atoms with Crippen molar-refractivity contribution in [1.29, 1.82) is 0 Å². The van der Waals surface area contributed by atoms with E-state index >= 15 is 0 Å². The van der Waals surface area contributed by atoms with Crippen LogP contribution in [0.3, 0.4) is 0 Å². The fraction of sp³-hybridized carbons (Fsp3) is 0.250. The molecular weight excluding hydrogens is 279 g/mol. The van der Waals surface area contributed by atoms with Crippen LogP contribution in [0.15, 0.2) is 42.5 Å². The van der Waals surface area contributed by atoms with Crippen LogP contribution < -0.4 is 5.32 Å². The van der Waals surface area contributed by atoms with E-state index in [0.717, 1.165) is 12.1 Å². The Balaban J connectivity index is 1.85. The van der Waals surface area contributed by atoms with Gasteiger partial charge in [-0.3, -0.25) is 0 Å². The lowest BCUT2D eigenvalue weighted by atomic mass is 10.1. The molecule has 2 N–H and O–H groups in total. The Kier molecular flexibility index (Phi) is 5.36. The fourth-order valence-electron chi connectivity index (χ4n) is 2.09. The third-order valence-electron chi connectivity index (χ3n) is 3.20. The van der Waals surface area contributed by atoms with Crippen molar-refractivity contribution in [2.24, 2.45) is 0 Å². The van der Waals surface area contributed by atoms with E-state index in [1.165, 1.54) is 12.1 Å². The Hall–Kier alpha value is -1.85. The van der Waals surface area contributed by atoms with Gasteiger partial charge >= 0.3 is 0 Å². The van der Waals surface area contributed by atoms with Gasteiger partial charge in [0, 0.05) is 6.54 Å². The molecule has 2 nitrogen and oxygen atoms in total. The number of benzene rings is 2. The summed E-state index contributed by atoms with van der Waals surface area (Å²) in [5.74, 6) is -1.85. The predicted octanol–water partition coefficient (Wildman–Crippen LogP) is 2.97. The summed E-state index contributed by atoms with van der Waals surface area (Å²) in [4.78, 5) is 0. The molecule has 5 heteroatoms. The van der Waals surface area contributed by atoms with Crippen LogP contribution in [0.25, 0.3) is 0 Å². The highest BCUT2D eigenvalue weighted by Crippen LogP contribution is 2.19. The quantitative estimate of drug-likeness (QED) is 0.803. The van der Waals surface area contributed by atoms with Crippen LogP contribution >= 0.6 is 0 Å². The molecule has 0 radical (unpaired) electrons. The van der Waals surface area contributed by atoms with Crippen LogP contribution in [0.1, 0.15) is 17.2 Å². The van der Waals surface area contributed by atoms with E-state index in [1.54, 1.807) is 18.2 Å². The average molecular weight is 295 g/mol. The zero-order valence-corrected chi connectivity index (χ0v) is 11.3. The first-order valence-corrected chi connectivity index (χ1v) is 6.65. The molecule has 2 rings (SSSR count). The maximum Gasteiger partial charge on any atom is 0.131 e. The molecule has 0 amide bonds. The van der Waals surface area contributed by atoms with Crippen LogP contribution in [0.2, 0.25) is 0 Å². The molecule has 2 aromatic carbocycles. The summed E-state index contributed by atoms with van der Waals surface area (Å²) in [6.45, 7) is 0.389. The number of aliphatic hydroxyl groups excluding tert-OH is 1. The summed E-state index contributed by atoms with van der Waals surface area (Å²) in [5, 5.41) is 12.7. The molecule has 2 aromatic rings. The van der Waals surface area contributed by atoms with E-state index in [2.05, 4.69) is 5.32 Å². The van der Waals surface area contributed by atoms with Crippen molar-refractivity contribution in [3.63, 3.8) is 0 Å². The van der Waals surface area contributed by atoms with E-state index in [9.17, 15) is 18.3 Å². The zero-order valence-electron chi connectivity index (χ0n) is 11.3. The lowest BCUT2D eigenvalue weighted by molar-refractivity contribution is 0.165. The Morgan fingerprint density at radius 2 is 1.52 bits per heavy atom. The predicted molar refractivity (Wildman–Crippen MR) is 74.3 cm³/mol. The minimum Gasteiger partial charge on any atom is -0.387 e. The number of halogens is 3. The standard InChI is InChI=1S/C16H16F3NO/c17-12-5-2-1-4-11(12)8-9-20-10-15(21)16-13(18)6-3-7-14(16)19/h1-7,15,20-21H,8-10H2. The molecule has 0 fully saturated rings. The van der Waals surface area contributed by atoms with Crippen LogP contribution in [0, 0.1) is 17.5 Å². The maximum atomic E-state index is 13.5. The van der Waals surface area contributed by atoms with Crippen molar-refractivity contribution < 1.29 is 18.3 Å². The number of rotatable bonds is 6. The smallest absolute Gasteiger partial charge is 0.131 e. The van der Waals surface area contributed by atoms with Gasteiger partial charge in [0.15, 0.2) is 0 Å². The second-order valence-electron chi connectivity index (χ2n) is 4.70. The van der Waals surface area contributed by atoms with Crippen LogP contribution in [0.4, 0.5) is 13.2 Å². The van der Waals surface area contributed by atoms with E-state index in [0.29, 0.717) is 18.5 Å². The average Bonchev–Trinajstić information content (AvgIpc) is 2.45. The fourth-order valence-corrected chi connectivity index (χ4v) is 2.09. The summed E-state index contributed by atoms with van der Waals surface area (Å²) in [6.07, 6.45) is -0.856. The van der Waals surface area contributed by atoms with Gasteiger partial charge in [-0.25, -0.2) is 13.2 Å². The molecule has 0 aliphatic carbocycles. The monoisotopic (exact) mass is 295 g/mol.